The third-order valence-corrected chi connectivity index (χ3v) is 7.45. The summed E-state index contributed by atoms with van der Waals surface area (Å²) in [5.41, 5.74) is 7.77. The van der Waals surface area contributed by atoms with Gasteiger partial charge in [-0.2, -0.15) is 0 Å². The third kappa shape index (κ3) is 5.93. The lowest BCUT2D eigenvalue weighted by molar-refractivity contribution is 0.377. The van der Waals surface area contributed by atoms with Gasteiger partial charge in [0.1, 0.15) is 11.6 Å². The van der Waals surface area contributed by atoms with Crippen LogP contribution >= 0.6 is 15.9 Å². The molecule has 0 radical (unpaired) electrons. The summed E-state index contributed by atoms with van der Waals surface area (Å²) in [6.45, 7) is 4.37. The first-order valence-electron chi connectivity index (χ1n) is 12.3. The van der Waals surface area contributed by atoms with Gasteiger partial charge >= 0.3 is 0 Å². The molecule has 2 aliphatic rings. The first-order valence-corrected chi connectivity index (χ1v) is 13.1. The van der Waals surface area contributed by atoms with Gasteiger partial charge in [-0.15, -0.1) is 0 Å². The predicted molar refractivity (Wildman–Crippen MR) is 146 cm³/mol. The van der Waals surface area contributed by atoms with Gasteiger partial charge in [0, 0.05) is 55.6 Å². The highest BCUT2D eigenvalue weighted by Crippen LogP contribution is 2.31. The molecular formula is C27H32BrN7. The second-order valence-electron chi connectivity index (χ2n) is 9.21. The molecule has 35 heavy (non-hydrogen) atoms. The minimum atomic E-state index is 0.241. The van der Waals surface area contributed by atoms with Crippen LogP contribution in [0.25, 0.3) is 0 Å². The van der Waals surface area contributed by atoms with Gasteiger partial charge in [-0.1, -0.05) is 40.2 Å². The van der Waals surface area contributed by atoms with Crippen LogP contribution in [0.1, 0.15) is 24.8 Å². The number of anilines is 2. The van der Waals surface area contributed by atoms with Crippen molar-refractivity contribution >= 4 is 33.5 Å². The first kappa shape index (κ1) is 23.6. The zero-order valence-electron chi connectivity index (χ0n) is 19.9. The number of piperazine rings is 1. The SMILES string of the molecule is NC(=NC1CCC(N(Cc2ccc(Br)cc2)c2ccccn2)C1)N1CCN(c2ccccn2)CC1. The van der Waals surface area contributed by atoms with Gasteiger partial charge < -0.3 is 20.4 Å². The second-order valence-corrected chi connectivity index (χ2v) is 10.1. The Balaban J connectivity index is 1.22. The normalized spacial score (nSPS) is 20.8. The summed E-state index contributed by atoms with van der Waals surface area (Å²) in [6, 6.07) is 21.4. The minimum Gasteiger partial charge on any atom is -0.370 e. The van der Waals surface area contributed by atoms with E-state index in [4.69, 9.17) is 10.7 Å². The lowest BCUT2D eigenvalue weighted by Crippen LogP contribution is -2.51. The van der Waals surface area contributed by atoms with Crippen LogP contribution in [0.15, 0.2) is 82.5 Å². The van der Waals surface area contributed by atoms with E-state index in [0.717, 1.165) is 68.1 Å². The molecule has 2 fully saturated rings. The van der Waals surface area contributed by atoms with Crippen molar-refractivity contribution in [1.29, 1.82) is 0 Å². The smallest absolute Gasteiger partial charge is 0.191 e. The molecule has 2 atom stereocenters. The van der Waals surface area contributed by atoms with Crippen molar-refractivity contribution in [3.8, 4) is 0 Å². The summed E-state index contributed by atoms with van der Waals surface area (Å²) in [5.74, 6) is 2.72. The van der Waals surface area contributed by atoms with E-state index >= 15 is 0 Å². The summed E-state index contributed by atoms with van der Waals surface area (Å²) in [4.78, 5) is 21.1. The number of benzene rings is 1. The molecule has 2 N–H and O–H groups in total. The van der Waals surface area contributed by atoms with Gasteiger partial charge in [0.15, 0.2) is 5.96 Å². The van der Waals surface area contributed by atoms with Crippen molar-refractivity contribution in [2.75, 3.05) is 36.0 Å². The molecule has 1 aromatic carbocycles. The zero-order chi connectivity index (χ0) is 24.0. The van der Waals surface area contributed by atoms with Crippen molar-refractivity contribution in [1.82, 2.24) is 14.9 Å². The van der Waals surface area contributed by atoms with Crippen molar-refractivity contribution in [3.63, 3.8) is 0 Å². The van der Waals surface area contributed by atoms with Crippen LogP contribution in [0.5, 0.6) is 0 Å². The van der Waals surface area contributed by atoms with Gasteiger partial charge in [-0.3, -0.25) is 0 Å². The number of halogens is 1. The average Bonchev–Trinajstić information content (AvgIpc) is 3.37. The summed E-state index contributed by atoms with van der Waals surface area (Å²) >= 11 is 3.54. The molecule has 1 aliphatic carbocycles. The molecule has 1 aliphatic heterocycles. The fraction of sp³-hybridized carbons (Fsp3) is 0.370. The van der Waals surface area contributed by atoms with E-state index in [0.29, 0.717) is 12.0 Å². The standard InChI is InChI=1S/C27H32BrN7/c28-22-9-7-21(8-10-22)20-35(26-6-2-4-14-31-26)24-12-11-23(19-24)32-27(29)34-17-15-33(16-18-34)25-5-1-3-13-30-25/h1-10,13-14,23-24H,11-12,15-20H2,(H2,29,32). The maximum Gasteiger partial charge on any atom is 0.191 e. The molecule has 5 rings (SSSR count). The Bertz CT molecular complexity index is 1100. The molecule has 1 saturated heterocycles. The largest absolute Gasteiger partial charge is 0.370 e. The zero-order valence-corrected chi connectivity index (χ0v) is 21.5. The highest BCUT2D eigenvalue weighted by Gasteiger charge is 2.31. The molecule has 182 valence electrons. The molecule has 8 heteroatoms. The lowest BCUT2D eigenvalue weighted by Gasteiger charge is -2.36. The first-order chi connectivity index (χ1) is 17.2. The van der Waals surface area contributed by atoms with Crippen molar-refractivity contribution < 1.29 is 0 Å². The summed E-state index contributed by atoms with van der Waals surface area (Å²) in [5, 5.41) is 0. The van der Waals surface area contributed by atoms with Crippen LogP contribution in [-0.2, 0) is 6.54 Å². The highest BCUT2D eigenvalue weighted by molar-refractivity contribution is 9.10. The van der Waals surface area contributed by atoms with Gasteiger partial charge in [-0.05, 0) is 61.2 Å². The average molecular weight is 535 g/mol. The monoisotopic (exact) mass is 533 g/mol. The minimum absolute atomic E-state index is 0.241. The predicted octanol–water partition coefficient (Wildman–Crippen LogP) is 4.30. The van der Waals surface area contributed by atoms with E-state index in [1.165, 1.54) is 5.56 Å². The number of aliphatic imine (C=N–C) groups is 1. The molecule has 2 unspecified atom stereocenters. The Kier molecular flexibility index (Phi) is 7.47. The molecular weight excluding hydrogens is 502 g/mol. The van der Waals surface area contributed by atoms with Crippen molar-refractivity contribution in [2.45, 2.75) is 37.9 Å². The Labute approximate surface area is 215 Å². The van der Waals surface area contributed by atoms with Crippen LogP contribution in [0.4, 0.5) is 11.6 Å². The summed E-state index contributed by atoms with van der Waals surface area (Å²) in [6.07, 6.45) is 6.84. The number of rotatable bonds is 6. The van der Waals surface area contributed by atoms with E-state index < -0.39 is 0 Å². The fourth-order valence-electron chi connectivity index (χ4n) is 5.02. The summed E-state index contributed by atoms with van der Waals surface area (Å²) < 4.78 is 1.09. The van der Waals surface area contributed by atoms with E-state index in [1.807, 2.05) is 30.6 Å². The van der Waals surface area contributed by atoms with Gasteiger partial charge in [0.05, 0.1) is 6.04 Å². The number of guanidine groups is 1. The van der Waals surface area contributed by atoms with Crippen LogP contribution in [0.2, 0.25) is 0 Å². The molecule has 3 heterocycles. The van der Waals surface area contributed by atoms with Crippen molar-refractivity contribution in [3.05, 3.63) is 83.1 Å². The van der Waals surface area contributed by atoms with Crippen LogP contribution in [0, 0.1) is 0 Å². The maximum atomic E-state index is 6.49. The van der Waals surface area contributed by atoms with Crippen molar-refractivity contribution in [2.24, 2.45) is 10.7 Å². The van der Waals surface area contributed by atoms with E-state index in [1.54, 1.807) is 0 Å². The molecule has 2 aromatic heterocycles. The van der Waals surface area contributed by atoms with Gasteiger partial charge in [0.25, 0.3) is 0 Å². The molecule has 0 spiro atoms. The van der Waals surface area contributed by atoms with E-state index in [2.05, 4.69) is 83.1 Å². The second kappa shape index (κ2) is 11.1. The van der Waals surface area contributed by atoms with E-state index in [-0.39, 0.29) is 6.04 Å². The number of nitrogens with two attached hydrogens (primary N) is 1. The van der Waals surface area contributed by atoms with Crippen LogP contribution in [-0.4, -0.2) is 59.1 Å². The Morgan fingerprint density at radius 3 is 2.37 bits per heavy atom. The Morgan fingerprint density at radius 1 is 0.943 bits per heavy atom. The number of nitrogens with zero attached hydrogens (tertiary/aromatic N) is 6. The van der Waals surface area contributed by atoms with Gasteiger partial charge in [0.2, 0.25) is 0 Å². The van der Waals surface area contributed by atoms with Crippen LogP contribution in [0.3, 0.4) is 0 Å². The topological polar surface area (TPSA) is 73.9 Å². The molecule has 1 saturated carbocycles. The fourth-order valence-corrected chi connectivity index (χ4v) is 5.28. The maximum absolute atomic E-state index is 6.49. The Morgan fingerprint density at radius 2 is 1.69 bits per heavy atom. The van der Waals surface area contributed by atoms with E-state index in [9.17, 15) is 0 Å². The quantitative estimate of drug-likeness (QED) is 0.376. The molecule has 0 bridgehead atoms. The lowest BCUT2D eigenvalue weighted by atomic mass is 10.1. The van der Waals surface area contributed by atoms with Crippen LogP contribution < -0.4 is 15.5 Å². The number of aromatic nitrogens is 2. The third-order valence-electron chi connectivity index (χ3n) is 6.92. The molecule has 0 amide bonds. The van der Waals surface area contributed by atoms with Gasteiger partial charge in [-0.25, -0.2) is 15.0 Å². The Hall–Kier alpha value is -3.13. The summed E-state index contributed by atoms with van der Waals surface area (Å²) in [7, 11) is 0. The molecule has 7 nitrogen and oxygen atoms in total. The highest BCUT2D eigenvalue weighted by atomic mass is 79.9. The number of pyridine rings is 2. The number of hydrogen-bond donors (Lipinski definition) is 1. The number of hydrogen-bond acceptors (Lipinski definition) is 5. The molecule has 3 aromatic rings.